The number of H-pyrrole nitrogens is 2. The monoisotopic (exact) mass is 416 g/mol. The van der Waals surface area contributed by atoms with E-state index in [1.165, 1.54) is 4.57 Å². The first kappa shape index (κ1) is 19.4. The molecule has 1 aliphatic rings. The number of likely N-dealkylation sites (N-methyl/N-ethyl adjacent to an activating group) is 1. The Morgan fingerprint density at radius 2 is 1.81 bits per heavy atom. The molecule has 0 radical (unpaired) electrons. The SMILES string of the molecule is Cc1cccc(-n2c(O)c(C3c4[nH]c5ccccc5c4CCN3C)c(=O)[nH]c2=O)c1C. The summed E-state index contributed by atoms with van der Waals surface area (Å²) in [5, 5.41) is 12.4. The Labute approximate surface area is 178 Å². The van der Waals surface area contributed by atoms with Crippen LogP contribution in [0.5, 0.6) is 5.88 Å². The fourth-order valence-electron chi connectivity index (χ4n) is 4.71. The number of hydrogen-bond donors (Lipinski definition) is 3. The topological polar surface area (TPSA) is 94.1 Å². The van der Waals surface area contributed by atoms with Gasteiger partial charge in [-0.3, -0.25) is 14.7 Å². The Morgan fingerprint density at radius 1 is 1.03 bits per heavy atom. The van der Waals surface area contributed by atoms with Crippen LogP contribution < -0.4 is 11.2 Å². The van der Waals surface area contributed by atoms with Crippen LogP contribution in [0.1, 0.15) is 34.0 Å². The van der Waals surface area contributed by atoms with Gasteiger partial charge in [0.05, 0.1) is 11.7 Å². The lowest BCUT2D eigenvalue weighted by molar-refractivity contribution is 0.251. The van der Waals surface area contributed by atoms with Crippen LogP contribution >= 0.6 is 0 Å². The summed E-state index contributed by atoms with van der Waals surface area (Å²) in [6.07, 6.45) is 0.835. The normalized spacial score (nSPS) is 16.5. The number of aromatic hydroxyl groups is 1. The van der Waals surface area contributed by atoms with Crippen LogP contribution in [0.4, 0.5) is 0 Å². The summed E-state index contributed by atoms with van der Waals surface area (Å²) < 4.78 is 1.20. The Kier molecular flexibility index (Phi) is 4.37. The molecule has 7 heteroatoms. The van der Waals surface area contributed by atoms with E-state index in [0.717, 1.165) is 46.3 Å². The molecule has 0 saturated heterocycles. The zero-order valence-corrected chi connectivity index (χ0v) is 17.7. The lowest BCUT2D eigenvalue weighted by Crippen LogP contribution is -2.39. The van der Waals surface area contributed by atoms with Gasteiger partial charge in [0.2, 0.25) is 5.88 Å². The number of nitrogens with zero attached hydrogens (tertiary/aromatic N) is 2. The van der Waals surface area contributed by atoms with Crippen molar-refractivity contribution in [2.24, 2.45) is 0 Å². The van der Waals surface area contributed by atoms with E-state index in [1.54, 1.807) is 6.07 Å². The second-order valence-corrected chi connectivity index (χ2v) is 8.25. The maximum absolute atomic E-state index is 13.0. The highest BCUT2D eigenvalue weighted by molar-refractivity contribution is 5.85. The molecular formula is C24H24N4O3. The van der Waals surface area contributed by atoms with Crippen molar-refractivity contribution in [3.63, 3.8) is 0 Å². The number of hydrogen-bond acceptors (Lipinski definition) is 4. The maximum Gasteiger partial charge on any atom is 0.335 e. The highest BCUT2D eigenvalue weighted by atomic mass is 16.3. The van der Waals surface area contributed by atoms with E-state index in [2.05, 4.69) is 16.0 Å². The van der Waals surface area contributed by atoms with Crippen molar-refractivity contribution in [3.05, 3.63) is 91.3 Å². The minimum Gasteiger partial charge on any atom is -0.494 e. The third-order valence-corrected chi connectivity index (χ3v) is 6.49. The van der Waals surface area contributed by atoms with E-state index >= 15 is 0 Å². The van der Waals surface area contributed by atoms with Crippen molar-refractivity contribution < 1.29 is 5.11 Å². The highest BCUT2D eigenvalue weighted by Gasteiger charge is 2.34. The molecule has 2 aromatic carbocycles. The number of aromatic nitrogens is 3. The van der Waals surface area contributed by atoms with Crippen LogP contribution in [0.15, 0.2) is 52.1 Å². The van der Waals surface area contributed by atoms with Gasteiger partial charge in [0, 0.05) is 23.1 Å². The number of aryl methyl sites for hydroxylation is 1. The standard InChI is InChI=1S/C24H24N4O3/c1-13-7-6-10-18(14(13)2)28-23(30)19(22(29)26-24(28)31)21-20-16(11-12-27(21)3)15-8-4-5-9-17(15)25-20/h4-10,21,25,30H,11-12H2,1-3H3,(H,26,29,31). The number of aromatic amines is 2. The first-order valence-corrected chi connectivity index (χ1v) is 10.3. The van der Waals surface area contributed by atoms with Gasteiger partial charge < -0.3 is 10.1 Å². The zero-order chi connectivity index (χ0) is 21.9. The minimum absolute atomic E-state index is 0.163. The van der Waals surface area contributed by atoms with Crippen molar-refractivity contribution in [1.29, 1.82) is 0 Å². The Morgan fingerprint density at radius 3 is 2.61 bits per heavy atom. The largest absolute Gasteiger partial charge is 0.494 e. The second-order valence-electron chi connectivity index (χ2n) is 8.25. The molecule has 1 unspecified atom stereocenters. The van der Waals surface area contributed by atoms with Gasteiger partial charge >= 0.3 is 5.69 Å². The van der Waals surface area contributed by atoms with Crippen LogP contribution in [0.2, 0.25) is 0 Å². The molecule has 0 aliphatic carbocycles. The Hall–Kier alpha value is -3.58. The highest BCUT2D eigenvalue weighted by Crippen LogP contribution is 2.39. The third kappa shape index (κ3) is 2.84. The van der Waals surface area contributed by atoms with E-state index < -0.39 is 17.3 Å². The van der Waals surface area contributed by atoms with E-state index in [1.807, 2.05) is 56.1 Å². The van der Waals surface area contributed by atoms with Crippen LogP contribution in [-0.2, 0) is 6.42 Å². The molecular weight excluding hydrogens is 392 g/mol. The van der Waals surface area contributed by atoms with Crippen molar-refractivity contribution in [3.8, 4) is 11.6 Å². The van der Waals surface area contributed by atoms with Crippen molar-refractivity contribution >= 4 is 10.9 Å². The molecule has 7 nitrogen and oxygen atoms in total. The van der Waals surface area contributed by atoms with Gasteiger partial charge in [0.25, 0.3) is 5.56 Å². The average molecular weight is 416 g/mol. The number of para-hydroxylation sites is 1. The summed E-state index contributed by atoms with van der Waals surface area (Å²) in [5.41, 5.74) is 4.34. The lowest BCUT2D eigenvalue weighted by atomic mass is 9.93. The fourth-order valence-corrected chi connectivity index (χ4v) is 4.71. The minimum atomic E-state index is -0.657. The third-order valence-electron chi connectivity index (χ3n) is 6.49. The molecule has 0 spiro atoms. The van der Waals surface area contributed by atoms with Gasteiger partial charge in [-0.1, -0.05) is 30.3 Å². The van der Waals surface area contributed by atoms with E-state index in [-0.39, 0.29) is 11.4 Å². The van der Waals surface area contributed by atoms with Crippen LogP contribution in [0, 0.1) is 13.8 Å². The second kappa shape index (κ2) is 6.99. The van der Waals surface area contributed by atoms with E-state index in [9.17, 15) is 14.7 Å². The number of benzene rings is 2. The summed E-state index contributed by atoms with van der Waals surface area (Å²) in [7, 11) is 1.92. The molecule has 4 aromatic rings. The van der Waals surface area contributed by atoms with E-state index in [4.69, 9.17) is 0 Å². The van der Waals surface area contributed by atoms with Crippen LogP contribution in [0.25, 0.3) is 16.6 Å². The van der Waals surface area contributed by atoms with Crippen LogP contribution in [0.3, 0.4) is 0 Å². The van der Waals surface area contributed by atoms with Crippen molar-refractivity contribution in [2.45, 2.75) is 26.3 Å². The Bertz CT molecular complexity index is 1440. The summed E-state index contributed by atoms with van der Waals surface area (Å²) in [4.78, 5) is 33.7. The van der Waals surface area contributed by atoms with Gasteiger partial charge in [-0.05, 0) is 56.1 Å². The molecule has 1 aliphatic heterocycles. The molecule has 1 atom stereocenters. The van der Waals surface area contributed by atoms with Crippen LogP contribution in [-0.4, -0.2) is 38.1 Å². The summed E-state index contributed by atoms with van der Waals surface area (Å²) in [6.45, 7) is 4.56. The molecule has 0 saturated carbocycles. The molecule has 158 valence electrons. The van der Waals surface area contributed by atoms with Gasteiger partial charge in [-0.25, -0.2) is 9.36 Å². The number of nitrogens with one attached hydrogen (secondary N) is 2. The van der Waals surface area contributed by atoms with E-state index in [0.29, 0.717) is 5.69 Å². The first-order chi connectivity index (χ1) is 14.9. The quantitative estimate of drug-likeness (QED) is 0.468. The van der Waals surface area contributed by atoms with Crippen molar-refractivity contribution in [1.82, 2.24) is 19.4 Å². The summed E-state index contributed by atoms with van der Waals surface area (Å²) in [5.74, 6) is -0.328. The fraction of sp³-hybridized carbons (Fsp3) is 0.250. The average Bonchev–Trinajstić information content (AvgIpc) is 3.11. The predicted molar refractivity (Wildman–Crippen MR) is 120 cm³/mol. The first-order valence-electron chi connectivity index (χ1n) is 10.3. The zero-order valence-electron chi connectivity index (χ0n) is 17.7. The molecule has 3 heterocycles. The number of rotatable bonds is 2. The molecule has 3 N–H and O–H groups in total. The molecule has 0 bridgehead atoms. The smallest absolute Gasteiger partial charge is 0.335 e. The molecule has 0 amide bonds. The van der Waals surface area contributed by atoms with Crippen molar-refractivity contribution in [2.75, 3.05) is 13.6 Å². The van der Waals surface area contributed by atoms with Gasteiger partial charge in [-0.15, -0.1) is 0 Å². The maximum atomic E-state index is 13.0. The Balaban J connectivity index is 1.80. The summed E-state index contributed by atoms with van der Waals surface area (Å²) in [6, 6.07) is 13.1. The molecule has 0 fully saturated rings. The molecule has 5 rings (SSSR count). The predicted octanol–water partition coefficient (Wildman–Crippen LogP) is 2.91. The lowest BCUT2D eigenvalue weighted by Gasteiger charge is -2.33. The molecule has 2 aromatic heterocycles. The van der Waals surface area contributed by atoms with Gasteiger partial charge in [-0.2, -0.15) is 0 Å². The molecule has 31 heavy (non-hydrogen) atoms. The number of fused-ring (bicyclic) bond motifs is 3. The van der Waals surface area contributed by atoms with Gasteiger partial charge in [0.1, 0.15) is 5.56 Å². The van der Waals surface area contributed by atoms with Gasteiger partial charge in [0.15, 0.2) is 0 Å². The summed E-state index contributed by atoms with van der Waals surface area (Å²) >= 11 is 0.